The summed E-state index contributed by atoms with van der Waals surface area (Å²) >= 11 is 0. The van der Waals surface area contributed by atoms with Gasteiger partial charge in [-0.05, 0) is 39.3 Å². The Morgan fingerprint density at radius 3 is 2.61 bits per heavy atom. The van der Waals surface area contributed by atoms with Crippen molar-refractivity contribution < 1.29 is 9.13 Å². The van der Waals surface area contributed by atoms with Crippen molar-refractivity contribution in [3.8, 4) is 5.88 Å². The molecule has 102 valence electrons. The van der Waals surface area contributed by atoms with Gasteiger partial charge in [0.05, 0.1) is 0 Å². The number of nitrogens with zero attached hydrogens (tertiary/aromatic N) is 1. The maximum Gasteiger partial charge on any atom is 0.251 e. The molecule has 0 unspecified atom stereocenters. The van der Waals surface area contributed by atoms with Gasteiger partial charge >= 0.3 is 0 Å². The number of rotatable bonds is 5. The average molecular weight is 254 g/mol. The molecule has 1 heterocycles. The normalized spacial score (nSPS) is 11.9. The van der Waals surface area contributed by atoms with Crippen molar-refractivity contribution in [1.82, 2.24) is 10.3 Å². The van der Waals surface area contributed by atoms with Gasteiger partial charge < -0.3 is 10.1 Å². The van der Waals surface area contributed by atoms with Gasteiger partial charge in [-0.2, -0.15) is 0 Å². The molecule has 18 heavy (non-hydrogen) atoms. The molecule has 0 atom stereocenters. The zero-order valence-corrected chi connectivity index (χ0v) is 11.9. The van der Waals surface area contributed by atoms with Gasteiger partial charge in [-0.1, -0.05) is 13.8 Å². The van der Waals surface area contributed by atoms with Gasteiger partial charge in [0.25, 0.3) is 5.88 Å². The molecule has 0 aliphatic heterocycles. The van der Waals surface area contributed by atoms with Gasteiger partial charge in [-0.25, -0.2) is 9.37 Å². The van der Waals surface area contributed by atoms with E-state index in [0.29, 0.717) is 18.0 Å². The van der Waals surface area contributed by atoms with Gasteiger partial charge in [0.2, 0.25) is 0 Å². The molecular formula is C14H23FN2O. The van der Waals surface area contributed by atoms with Crippen LogP contribution in [0, 0.1) is 11.7 Å². The second-order valence-electron chi connectivity index (χ2n) is 5.83. The Morgan fingerprint density at radius 1 is 1.39 bits per heavy atom. The minimum Gasteiger partial charge on any atom is -0.470 e. The van der Waals surface area contributed by atoms with Crippen molar-refractivity contribution in [3.05, 3.63) is 23.6 Å². The summed E-state index contributed by atoms with van der Waals surface area (Å²) in [6.07, 6.45) is 1.58. The minimum absolute atomic E-state index is 0.0753. The first-order chi connectivity index (χ1) is 8.29. The van der Waals surface area contributed by atoms with Crippen LogP contribution in [0.5, 0.6) is 5.88 Å². The van der Waals surface area contributed by atoms with E-state index in [9.17, 15) is 4.39 Å². The number of ether oxygens (including phenoxy) is 1. The Morgan fingerprint density at radius 2 is 2.06 bits per heavy atom. The molecule has 4 heteroatoms. The molecular weight excluding hydrogens is 231 g/mol. The third-order valence-corrected chi connectivity index (χ3v) is 2.21. The summed E-state index contributed by atoms with van der Waals surface area (Å²) in [6, 6.07) is 1.68. The second-order valence-corrected chi connectivity index (χ2v) is 5.83. The van der Waals surface area contributed by atoms with Crippen molar-refractivity contribution in [2.24, 2.45) is 5.92 Å². The highest BCUT2D eigenvalue weighted by atomic mass is 19.1. The van der Waals surface area contributed by atoms with Crippen LogP contribution in [0.15, 0.2) is 12.3 Å². The van der Waals surface area contributed by atoms with Crippen molar-refractivity contribution in [2.75, 3.05) is 6.54 Å². The van der Waals surface area contributed by atoms with Crippen molar-refractivity contribution >= 4 is 0 Å². The van der Waals surface area contributed by atoms with Crippen LogP contribution < -0.4 is 10.1 Å². The zero-order valence-electron chi connectivity index (χ0n) is 11.9. The van der Waals surface area contributed by atoms with Crippen LogP contribution in [-0.2, 0) is 6.54 Å². The third kappa shape index (κ3) is 5.00. The molecule has 0 bridgehead atoms. The lowest BCUT2D eigenvalue weighted by atomic mass is 10.2. The number of hydrogen-bond donors (Lipinski definition) is 1. The first-order valence-corrected chi connectivity index (χ1v) is 6.32. The number of hydrogen-bond acceptors (Lipinski definition) is 3. The molecule has 1 aromatic rings. The van der Waals surface area contributed by atoms with E-state index < -0.39 is 5.60 Å². The highest BCUT2D eigenvalue weighted by molar-refractivity contribution is 5.24. The molecule has 1 aromatic heterocycles. The van der Waals surface area contributed by atoms with Gasteiger partial charge in [0.15, 0.2) is 5.82 Å². The number of aromatic nitrogens is 1. The van der Waals surface area contributed by atoms with Gasteiger partial charge in [0.1, 0.15) is 5.60 Å². The Hall–Kier alpha value is -1.16. The quantitative estimate of drug-likeness (QED) is 0.876. The molecule has 1 N–H and O–H groups in total. The fourth-order valence-corrected chi connectivity index (χ4v) is 1.46. The Labute approximate surface area is 109 Å². The van der Waals surface area contributed by atoms with Crippen LogP contribution in [0.3, 0.4) is 0 Å². The lowest BCUT2D eigenvalue weighted by molar-refractivity contribution is 0.116. The Bertz CT molecular complexity index is 386. The fraction of sp³-hybridized carbons (Fsp3) is 0.643. The van der Waals surface area contributed by atoms with Crippen molar-refractivity contribution in [2.45, 2.75) is 46.8 Å². The fourth-order valence-electron chi connectivity index (χ4n) is 1.46. The molecule has 0 fully saturated rings. The van der Waals surface area contributed by atoms with Crippen LogP contribution in [0.25, 0.3) is 0 Å². The third-order valence-electron chi connectivity index (χ3n) is 2.21. The summed E-state index contributed by atoms with van der Waals surface area (Å²) < 4.78 is 19.6. The summed E-state index contributed by atoms with van der Waals surface area (Å²) in [5, 5.41) is 3.21. The van der Waals surface area contributed by atoms with E-state index >= 15 is 0 Å². The molecule has 0 saturated carbocycles. The molecule has 0 aliphatic carbocycles. The Kier molecular flexibility index (Phi) is 5.08. The summed E-state index contributed by atoms with van der Waals surface area (Å²) in [4.78, 5) is 3.94. The standard InChI is InChI=1S/C14H23FN2O/c1-10(2)8-16-9-11-6-7-17-13(12(11)15)18-14(3,4)5/h6-7,10,16H,8-9H2,1-5H3. The van der Waals surface area contributed by atoms with Gasteiger partial charge in [-0.15, -0.1) is 0 Å². The molecule has 0 aliphatic rings. The van der Waals surface area contributed by atoms with Crippen LogP contribution in [-0.4, -0.2) is 17.1 Å². The second kappa shape index (κ2) is 6.14. The lowest BCUT2D eigenvalue weighted by Gasteiger charge is -2.21. The van der Waals surface area contributed by atoms with E-state index in [1.807, 2.05) is 20.8 Å². The van der Waals surface area contributed by atoms with Crippen molar-refractivity contribution in [1.29, 1.82) is 0 Å². The Balaban J connectivity index is 2.72. The van der Waals surface area contributed by atoms with Gasteiger partial charge in [-0.3, -0.25) is 0 Å². The maximum atomic E-state index is 14.1. The van der Waals surface area contributed by atoms with E-state index in [1.165, 1.54) is 0 Å². The van der Waals surface area contributed by atoms with Crippen LogP contribution in [0.1, 0.15) is 40.2 Å². The highest BCUT2D eigenvalue weighted by Gasteiger charge is 2.18. The SMILES string of the molecule is CC(C)CNCc1ccnc(OC(C)(C)C)c1F. The first kappa shape index (κ1) is 14.9. The van der Waals surface area contributed by atoms with E-state index in [2.05, 4.69) is 24.1 Å². The molecule has 0 radical (unpaired) electrons. The lowest BCUT2D eigenvalue weighted by Crippen LogP contribution is -2.25. The monoisotopic (exact) mass is 254 g/mol. The maximum absolute atomic E-state index is 14.1. The zero-order chi connectivity index (χ0) is 13.8. The average Bonchev–Trinajstić information content (AvgIpc) is 2.21. The molecule has 1 rings (SSSR count). The van der Waals surface area contributed by atoms with E-state index in [-0.39, 0.29) is 11.7 Å². The number of pyridine rings is 1. The number of halogens is 1. The number of nitrogens with one attached hydrogen (secondary N) is 1. The van der Waals surface area contributed by atoms with E-state index in [4.69, 9.17) is 4.74 Å². The van der Waals surface area contributed by atoms with Crippen molar-refractivity contribution in [3.63, 3.8) is 0 Å². The largest absolute Gasteiger partial charge is 0.470 e. The molecule has 0 saturated heterocycles. The van der Waals surface area contributed by atoms with E-state index in [0.717, 1.165) is 6.54 Å². The summed E-state index contributed by atoms with van der Waals surface area (Å²) in [6.45, 7) is 11.2. The summed E-state index contributed by atoms with van der Waals surface area (Å²) in [5.74, 6) is 0.246. The topological polar surface area (TPSA) is 34.2 Å². The molecule has 0 amide bonds. The highest BCUT2D eigenvalue weighted by Crippen LogP contribution is 2.21. The summed E-state index contributed by atoms with van der Waals surface area (Å²) in [7, 11) is 0. The smallest absolute Gasteiger partial charge is 0.251 e. The van der Waals surface area contributed by atoms with Crippen LogP contribution in [0.2, 0.25) is 0 Å². The van der Waals surface area contributed by atoms with Gasteiger partial charge in [0, 0.05) is 18.3 Å². The molecule has 0 spiro atoms. The molecule has 0 aromatic carbocycles. The first-order valence-electron chi connectivity index (χ1n) is 6.32. The van der Waals surface area contributed by atoms with Crippen LogP contribution in [0.4, 0.5) is 4.39 Å². The predicted octanol–water partition coefficient (Wildman–Crippen LogP) is 3.14. The minimum atomic E-state index is -0.447. The van der Waals surface area contributed by atoms with Crippen LogP contribution >= 0.6 is 0 Å². The summed E-state index contributed by atoms with van der Waals surface area (Å²) in [5.41, 5.74) is 0.141. The van der Waals surface area contributed by atoms with E-state index in [1.54, 1.807) is 12.3 Å². The predicted molar refractivity (Wildman–Crippen MR) is 71.1 cm³/mol. The molecule has 3 nitrogen and oxygen atoms in total.